The normalized spacial score (nSPS) is 10.5. The number of nitrogens with zero attached hydrogens (tertiary/aromatic N) is 1. The molecule has 0 amide bonds. The summed E-state index contributed by atoms with van der Waals surface area (Å²) in [5.41, 5.74) is 7.14. The zero-order valence-electron chi connectivity index (χ0n) is 6.87. The molecule has 0 aliphatic rings. The van der Waals surface area contributed by atoms with E-state index in [-0.39, 0.29) is 5.96 Å². The Hall–Kier alpha value is -1.39. The first-order valence-corrected chi connectivity index (χ1v) is 4.03. The van der Waals surface area contributed by atoms with E-state index in [9.17, 15) is 0 Å². The van der Waals surface area contributed by atoms with Gasteiger partial charge in [0.25, 0.3) is 0 Å². The molecule has 5 N–H and O–H groups in total. The van der Waals surface area contributed by atoms with Crippen LogP contribution in [0.2, 0.25) is 5.02 Å². The standard InChI is InChI=1S/C8H9ClN4/c9-7-4-2-1-3-6(7)5-12-13-8(10)11/h1-5H,(H4,10,11,13)/p+1/b12-5+. The lowest BCUT2D eigenvalue weighted by atomic mass is 10.2. The summed E-state index contributed by atoms with van der Waals surface area (Å²) in [5.74, 6) is -0.0803. The molecular formula is C8H10ClN4+. The first-order valence-electron chi connectivity index (χ1n) is 3.65. The van der Waals surface area contributed by atoms with E-state index in [2.05, 4.69) is 5.10 Å². The van der Waals surface area contributed by atoms with Gasteiger partial charge in [-0.3, -0.25) is 0 Å². The maximum Gasteiger partial charge on any atom is 0.315 e. The largest absolute Gasteiger partial charge is 0.336 e. The van der Waals surface area contributed by atoms with E-state index >= 15 is 0 Å². The fourth-order valence-corrected chi connectivity index (χ4v) is 0.962. The molecule has 4 nitrogen and oxygen atoms in total. The number of hydrogen-bond donors (Lipinski definition) is 3. The van der Waals surface area contributed by atoms with Crippen LogP contribution < -0.4 is 11.2 Å². The van der Waals surface area contributed by atoms with Crippen LogP contribution in [0, 0.1) is 5.41 Å². The molecule has 1 aromatic carbocycles. The molecule has 0 spiro atoms. The fraction of sp³-hybridized carbons (Fsp3) is 0. The summed E-state index contributed by atoms with van der Waals surface area (Å²) in [6, 6.07) is 7.31. The lowest BCUT2D eigenvalue weighted by Crippen LogP contribution is -2.85. The molecule has 0 saturated carbocycles. The summed E-state index contributed by atoms with van der Waals surface area (Å²) < 4.78 is 0. The Morgan fingerprint density at radius 2 is 2.23 bits per heavy atom. The van der Waals surface area contributed by atoms with Crippen molar-refractivity contribution in [3.05, 3.63) is 34.9 Å². The van der Waals surface area contributed by atoms with E-state index in [0.29, 0.717) is 5.02 Å². The minimum absolute atomic E-state index is 0.0803. The summed E-state index contributed by atoms with van der Waals surface area (Å²) in [7, 11) is 0. The minimum Gasteiger partial charge on any atom is -0.336 e. The van der Waals surface area contributed by atoms with Crippen LogP contribution in [-0.4, -0.2) is 12.2 Å². The summed E-state index contributed by atoms with van der Waals surface area (Å²) >= 11 is 5.85. The maximum absolute atomic E-state index is 6.89. The minimum atomic E-state index is -0.0803. The predicted octanol–water partition coefficient (Wildman–Crippen LogP) is 0.131. The molecule has 0 saturated heterocycles. The molecule has 0 fully saturated rings. The first-order chi connectivity index (χ1) is 6.20. The van der Waals surface area contributed by atoms with E-state index < -0.39 is 0 Å². The zero-order valence-corrected chi connectivity index (χ0v) is 7.62. The van der Waals surface area contributed by atoms with Crippen LogP contribution in [0.25, 0.3) is 0 Å². The first kappa shape index (κ1) is 9.70. The number of halogens is 1. The molecule has 0 aliphatic carbocycles. The molecule has 1 aromatic rings. The molecule has 0 unspecified atom stereocenters. The van der Waals surface area contributed by atoms with Gasteiger partial charge in [-0.05, 0) is 6.07 Å². The van der Waals surface area contributed by atoms with Crippen molar-refractivity contribution in [1.82, 2.24) is 0 Å². The SMILES string of the molecule is N=C(N)[NH2+]/N=C/c1ccccc1Cl. The highest BCUT2D eigenvalue weighted by Gasteiger charge is 1.94. The molecule has 0 heterocycles. The number of nitrogens with one attached hydrogen (secondary N) is 1. The van der Waals surface area contributed by atoms with Gasteiger partial charge in [-0.15, -0.1) is 0 Å². The summed E-state index contributed by atoms with van der Waals surface area (Å²) in [5, 5.41) is 11.3. The molecule has 0 radical (unpaired) electrons. The molecular weight excluding hydrogens is 188 g/mol. The van der Waals surface area contributed by atoms with Crippen LogP contribution in [0.15, 0.2) is 29.4 Å². The van der Waals surface area contributed by atoms with Crippen molar-refractivity contribution in [1.29, 1.82) is 5.41 Å². The van der Waals surface area contributed by atoms with Gasteiger partial charge in [0.05, 0.1) is 6.21 Å². The second-order valence-electron chi connectivity index (χ2n) is 2.38. The van der Waals surface area contributed by atoms with Gasteiger partial charge in [-0.25, -0.2) is 5.41 Å². The van der Waals surface area contributed by atoms with Crippen molar-refractivity contribution in [2.24, 2.45) is 10.8 Å². The van der Waals surface area contributed by atoms with Gasteiger partial charge in [0.1, 0.15) is 0 Å². The predicted molar refractivity (Wildman–Crippen MR) is 52.9 cm³/mol. The van der Waals surface area contributed by atoms with Gasteiger partial charge in [0.2, 0.25) is 0 Å². The molecule has 0 aromatic heterocycles. The van der Waals surface area contributed by atoms with Gasteiger partial charge in [-0.1, -0.05) is 34.9 Å². The second-order valence-corrected chi connectivity index (χ2v) is 2.79. The van der Waals surface area contributed by atoms with Crippen LogP contribution in [0.4, 0.5) is 0 Å². The van der Waals surface area contributed by atoms with Crippen molar-refractivity contribution < 1.29 is 5.43 Å². The monoisotopic (exact) mass is 197 g/mol. The summed E-state index contributed by atoms with van der Waals surface area (Å²) in [4.78, 5) is 0. The third-order valence-electron chi connectivity index (χ3n) is 1.33. The zero-order chi connectivity index (χ0) is 9.68. The van der Waals surface area contributed by atoms with Crippen LogP contribution in [0.3, 0.4) is 0 Å². The van der Waals surface area contributed by atoms with Crippen LogP contribution >= 0.6 is 11.6 Å². The van der Waals surface area contributed by atoms with Gasteiger partial charge >= 0.3 is 5.96 Å². The maximum atomic E-state index is 6.89. The highest BCUT2D eigenvalue weighted by atomic mass is 35.5. The van der Waals surface area contributed by atoms with Crippen molar-refractivity contribution in [2.45, 2.75) is 0 Å². The molecule has 0 atom stereocenters. The van der Waals surface area contributed by atoms with Crippen LogP contribution in [-0.2, 0) is 0 Å². The third kappa shape index (κ3) is 3.23. The number of rotatable bonds is 2. The van der Waals surface area contributed by atoms with E-state index in [1.54, 1.807) is 12.3 Å². The topological polar surface area (TPSA) is 78.8 Å². The molecule has 5 heteroatoms. The second kappa shape index (κ2) is 4.59. The molecule has 1 rings (SSSR count). The van der Waals surface area contributed by atoms with Gasteiger partial charge in [0.15, 0.2) is 0 Å². The van der Waals surface area contributed by atoms with E-state index in [4.69, 9.17) is 22.7 Å². The fourth-order valence-electron chi connectivity index (χ4n) is 0.778. The highest BCUT2D eigenvalue weighted by molar-refractivity contribution is 6.33. The van der Waals surface area contributed by atoms with Crippen molar-refractivity contribution in [3.8, 4) is 0 Å². The summed E-state index contributed by atoms with van der Waals surface area (Å²) in [6.07, 6.45) is 1.56. The Kier molecular flexibility index (Phi) is 3.42. The third-order valence-corrected chi connectivity index (χ3v) is 1.68. The van der Waals surface area contributed by atoms with E-state index in [1.807, 2.05) is 18.2 Å². The van der Waals surface area contributed by atoms with Crippen LogP contribution in [0.1, 0.15) is 5.56 Å². The van der Waals surface area contributed by atoms with Crippen molar-refractivity contribution in [3.63, 3.8) is 0 Å². The Labute approximate surface area is 80.9 Å². The van der Waals surface area contributed by atoms with Crippen molar-refractivity contribution in [2.75, 3.05) is 0 Å². The number of benzene rings is 1. The Morgan fingerprint density at radius 3 is 2.85 bits per heavy atom. The Morgan fingerprint density at radius 1 is 1.54 bits per heavy atom. The molecule has 68 valence electrons. The van der Waals surface area contributed by atoms with E-state index in [1.165, 1.54) is 5.43 Å². The summed E-state index contributed by atoms with van der Waals surface area (Å²) in [6.45, 7) is 0. The average Bonchev–Trinajstić information content (AvgIpc) is 2.08. The average molecular weight is 198 g/mol. The molecule has 0 aliphatic heterocycles. The number of guanidine groups is 1. The smallest absolute Gasteiger partial charge is 0.315 e. The quantitative estimate of drug-likeness (QED) is 0.268. The highest BCUT2D eigenvalue weighted by Crippen LogP contribution is 2.11. The van der Waals surface area contributed by atoms with E-state index in [0.717, 1.165) is 5.56 Å². The van der Waals surface area contributed by atoms with Gasteiger partial charge < -0.3 is 5.73 Å². The lowest BCUT2D eigenvalue weighted by Gasteiger charge is -1.93. The van der Waals surface area contributed by atoms with Gasteiger partial charge in [-0.2, -0.15) is 5.43 Å². The number of nitrogens with two attached hydrogens (primary N) is 2. The molecule has 0 bridgehead atoms. The van der Waals surface area contributed by atoms with Crippen LogP contribution in [0.5, 0.6) is 0 Å². The van der Waals surface area contributed by atoms with Crippen molar-refractivity contribution >= 4 is 23.8 Å². The molecule has 13 heavy (non-hydrogen) atoms. The number of hydrogen-bond acceptors (Lipinski definition) is 2. The number of quaternary nitrogens is 1. The Bertz CT molecular complexity index is 335. The van der Waals surface area contributed by atoms with Gasteiger partial charge in [0, 0.05) is 10.6 Å². The lowest BCUT2D eigenvalue weighted by molar-refractivity contribution is -0.547. The Balaban J connectivity index is 2.68.